The van der Waals surface area contributed by atoms with E-state index < -0.39 is 0 Å². The van der Waals surface area contributed by atoms with Crippen LogP contribution in [0.15, 0.2) is 27.7 Å². The number of hydrogen-bond acceptors (Lipinski definition) is 6. The van der Waals surface area contributed by atoms with Crippen LogP contribution in [0.25, 0.3) is 0 Å². The van der Waals surface area contributed by atoms with Crippen LogP contribution >= 0.6 is 0 Å². The lowest BCUT2D eigenvalue weighted by molar-refractivity contribution is 0.355. The summed E-state index contributed by atoms with van der Waals surface area (Å²) in [6.45, 7) is 1.95. The second kappa shape index (κ2) is 6.60. The molecular weight excluding hydrogens is 274 g/mol. The minimum Gasteiger partial charge on any atom is -0.493 e. The zero-order valence-electron chi connectivity index (χ0n) is 12.1. The molecule has 0 unspecified atom stereocenters. The Labute approximate surface area is 122 Å². The van der Waals surface area contributed by atoms with Gasteiger partial charge in [-0.2, -0.15) is 4.98 Å². The molecule has 0 bridgehead atoms. The highest BCUT2D eigenvalue weighted by Crippen LogP contribution is 2.29. The lowest BCUT2D eigenvalue weighted by Gasteiger charge is -2.10. The highest BCUT2D eigenvalue weighted by molar-refractivity contribution is 5.92. The first-order valence-corrected chi connectivity index (χ1v) is 6.20. The quantitative estimate of drug-likeness (QED) is 0.631. The largest absolute Gasteiger partial charge is 0.493 e. The normalized spacial score (nSPS) is 11.3. The van der Waals surface area contributed by atoms with Gasteiger partial charge in [-0.05, 0) is 12.1 Å². The van der Waals surface area contributed by atoms with Crippen molar-refractivity contribution in [2.24, 2.45) is 10.7 Å². The smallest absolute Gasteiger partial charge is 0.223 e. The molecule has 0 aliphatic rings. The second-order valence-electron chi connectivity index (χ2n) is 4.13. The number of aliphatic imine (C=N–C) groups is 1. The molecule has 2 aromatic rings. The number of nitrogens with two attached hydrogens (primary N) is 1. The number of rotatable bonds is 5. The van der Waals surface area contributed by atoms with Crippen molar-refractivity contribution in [2.75, 3.05) is 19.5 Å². The van der Waals surface area contributed by atoms with Crippen molar-refractivity contribution in [3.05, 3.63) is 29.9 Å². The first-order valence-electron chi connectivity index (χ1n) is 6.20. The summed E-state index contributed by atoms with van der Waals surface area (Å²) >= 11 is 0. The first-order chi connectivity index (χ1) is 10.1. The van der Waals surface area contributed by atoms with Crippen molar-refractivity contribution in [3.63, 3.8) is 0 Å². The van der Waals surface area contributed by atoms with E-state index in [1.807, 2.05) is 6.07 Å². The van der Waals surface area contributed by atoms with Gasteiger partial charge in [-0.25, -0.2) is 4.99 Å². The van der Waals surface area contributed by atoms with Crippen molar-refractivity contribution < 1.29 is 14.0 Å². The fourth-order valence-electron chi connectivity index (χ4n) is 1.66. The van der Waals surface area contributed by atoms with Crippen LogP contribution < -0.4 is 20.5 Å². The molecule has 0 spiro atoms. The van der Waals surface area contributed by atoms with Gasteiger partial charge in [0.05, 0.1) is 14.2 Å². The molecule has 0 aliphatic heterocycles. The summed E-state index contributed by atoms with van der Waals surface area (Å²) < 4.78 is 15.2. The van der Waals surface area contributed by atoms with Crippen molar-refractivity contribution in [2.45, 2.75) is 13.5 Å². The number of aryl methyl sites for hydroxylation is 1. The van der Waals surface area contributed by atoms with Gasteiger partial charge in [0.15, 0.2) is 23.3 Å². The van der Waals surface area contributed by atoms with E-state index in [0.29, 0.717) is 23.2 Å². The highest BCUT2D eigenvalue weighted by Gasteiger charge is 2.05. The summed E-state index contributed by atoms with van der Waals surface area (Å²) in [7, 11) is 3.14. The summed E-state index contributed by atoms with van der Waals surface area (Å²) in [5.74, 6) is 2.45. The van der Waals surface area contributed by atoms with Crippen molar-refractivity contribution in [3.8, 4) is 11.5 Å². The molecule has 0 saturated carbocycles. The summed E-state index contributed by atoms with van der Waals surface area (Å²) in [5.41, 5.74) is 6.54. The predicted molar refractivity (Wildman–Crippen MR) is 77.5 cm³/mol. The van der Waals surface area contributed by atoms with Gasteiger partial charge in [-0.15, -0.1) is 0 Å². The SMILES string of the molecule is COc1ccc(NC(N)=NCc2noc(C)n2)cc1OC. The molecule has 3 N–H and O–H groups in total. The summed E-state index contributed by atoms with van der Waals surface area (Å²) in [4.78, 5) is 8.16. The predicted octanol–water partition coefficient (Wildman–Crippen LogP) is 1.32. The Morgan fingerprint density at radius 3 is 2.71 bits per heavy atom. The zero-order valence-corrected chi connectivity index (χ0v) is 12.1. The topological polar surface area (TPSA) is 108 Å². The second-order valence-corrected chi connectivity index (χ2v) is 4.13. The molecule has 112 valence electrons. The Morgan fingerprint density at radius 2 is 2.10 bits per heavy atom. The molecule has 0 saturated heterocycles. The number of nitrogens with one attached hydrogen (secondary N) is 1. The van der Waals surface area contributed by atoms with Gasteiger partial charge < -0.3 is 25.0 Å². The van der Waals surface area contributed by atoms with Crippen LogP contribution in [0.1, 0.15) is 11.7 Å². The molecule has 1 aromatic carbocycles. The molecule has 2 rings (SSSR count). The molecule has 0 atom stereocenters. The number of benzene rings is 1. The van der Waals surface area contributed by atoms with E-state index in [2.05, 4.69) is 20.4 Å². The number of methoxy groups -OCH3 is 2. The van der Waals surface area contributed by atoms with Crippen LogP contribution in [0.4, 0.5) is 5.69 Å². The van der Waals surface area contributed by atoms with Gasteiger partial charge >= 0.3 is 0 Å². The molecule has 0 amide bonds. The van der Waals surface area contributed by atoms with E-state index in [-0.39, 0.29) is 12.5 Å². The van der Waals surface area contributed by atoms with Gasteiger partial charge in [0, 0.05) is 18.7 Å². The third kappa shape index (κ3) is 3.85. The average Bonchev–Trinajstić information content (AvgIpc) is 2.90. The number of anilines is 1. The van der Waals surface area contributed by atoms with Crippen LogP contribution in [0, 0.1) is 6.92 Å². The van der Waals surface area contributed by atoms with Crippen LogP contribution in [-0.4, -0.2) is 30.3 Å². The molecular formula is C13H17N5O3. The lowest BCUT2D eigenvalue weighted by atomic mass is 10.3. The van der Waals surface area contributed by atoms with Crippen molar-refractivity contribution in [1.82, 2.24) is 10.1 Å². The maximum atomic E-state index is 5.80. The number of guanidine groups is 1. The summed E-state index contributed by atoms with van der Waals surface area (Å²) in [6.07, 6.45) is 0. The number of ether oxygens (including phenoxy) is 2. The van der Waals surface area contributed by atoms with Gasteiger partial charge in [0.25, 0.3) is 0 Å². The molecule has 0 radical (unpaired) electrons. The molecule has 0 aliphatic carbocycles. The molecule has 8 nitrogen and oxygen atoms in total. The van der Waals surface area contributed by atoms with E-state index in [1.54, 1.807) is 33.3 Å². The Hall–Kier alpha value is -2.77. The third-order valence-electron chi connectivity index (χ3n) is 2.62. The Bertz CT molecular complexity index is 638. The monoisotopic (exact) mass is 291 g/mol. The lowest BCUT2D eigenvalue weighted by Crippen LogP contribution is -2.22. The zero-order chi connectivity index (χ0) is 15.2. The van der Waals surface area contributed by atoms with E-state index in [1.165, 1.54) is 0 Å². The minimum absolute atomic E-state index is 0.240. The van der Waals surface area contributed by atoms with Crippen molar-refractivity contribution in [1.29, 1.82) is 0 Å². The van der Waals surface area contributed by atoms with E-state index in [4.69, 9.17) is 19.7 Å². The fourth-order valence-corrected chi connectivity index (χ4v) is 1.66. The molecule has 21 heavy (non-hydrogen) atoms. The highest BCUT2D eigenvalue weighted by atomic mass is 16.5. The maximum Gasteiger partial charge on any atom is 0.223 e. The van der Waals surface area contributed by atoms with Crippen LogP contribution in [0.5, 0.6) is 11.5 Å². The van der Waals surface area contributed by atoms with Gasteiger partial charge in [0.1, 0.15) is 6.54 Å². The van der Waals surface area contributed by atoms with Gasteiger partial charge in [-0.3, -0.25) is 0 Å². The standard InChI is InChI=1S/C13H17N5O3/c1-8-16-12(18-21-8)7-15-13(14)17-9-4-5-10(19-2)11(6-9)20-3/h4-6H,7H2,1-3H3,(H3,14,15,17). The van der Waals surface area contributed by atoms with Crippen LogP contribution in [0.3, 0.4) is 0 Å². The summed E-state index contributed by atoms with van der Waals surface area (Å²) in [5, 5.41) is 6.68. The molecule has 1 heterocycles. The first kappa shape index (κ1) is 14.6. The van der Waals surface area contributed by atoms with Crippen molar-refractivity contribution >= 4 is 11.6 Å². The Balaban J connectivity index is 2.03. The number of nitrogens with zero attached hydrogens (tertiary/aromatic N) is 3. The molecule has 0 fully saturated rings. The van der Waals surface area contributed by atoms with Crippen LogP contribution in [-0.2, 0) is 6.54 Å². The third-order valence-corrected chi connectivity index (χ3v) is 2.62. The Kier molecular flexibility index (Phi) is 4.60. The van der Waals surface area contributed by atoms with Crippen LogP contribution in [0.2, 0.25) is 0 Å². The van der Waals surface area contributed by atoms with Gasteiger partial charge in [0.2, 0.25) is 5.89 Å². The number of aromatic nitrogens is 2. The molecule has 1 aromatic heterocycles. The van der Waals surface area contributed by atoms with E-state index in [0.717, 1.165) is 5.69 Å². The van der Waals surface area contributed by atoms with E-state index in [9.17, 15) is 0 Å². The fraction of sp³-hybridized carbons (Fsp3) is 0.308. The maximum absolute atomic E-state index is 5.80. The minimum atomic E-state index is 0.240. The van der Waals surface area contributed by atoms with Gasteiger partial charge in [-0.1, -0.05) is 5.16 Å². The molecule has 8 heteroatoms. The average molecular weight is 291 g/mol. The van der Waals surface area contributed by atoms with E-state index >= 15 is 0 Å². The Morgan fingerprint density at radius 1 is 1.33 bits per heavy atom. The number of hydrogen-bond donors (Lipinski definition) is 2. The summed E-state index contributed by atoms with van der Waals surface area (Å²) in [6, 6.07) is 5.35.